The van der Waals surface area contributed by atoms with E-state index in [1.807, 2.05) is 4.90 Å². The van der Waals surface area contributed by atoms with Gasteiger partial charge in [0.2, 0.25) is 5.91 Å². The van der Waals surface area contributed by atoms with E-state index in [2.05, 4.69) is 20.8 Å². The van der Waals surface area contributed by atoms with Crippen LogP contribution >= 0.6 is 0 Å². The van der Waals surface area contributed by atoms with Gasteiger partial charge in [0, 0.05) is 19.5 Å². The van der Waals surface area contributed by atoms with Gasteiger partial charge in [-0.1, -0.05) is 201 Å². The molecule has 0 heterocycles. The van der Waals surface area contributed by atoms with Crippen molar-refractivity contribution < 1.29 is 15.0 Å². The molecule has 1 amide bonds. The highest BCUT2D eigenvalue weighted by molar-refractivity contribution is 5.76. The topological polar surface area (TPSA) is 60.8 Å². The Morgan fingerprint density at radius 2 is 0.864 bits per heavy atom. The second-order valence-corrected chi connectivity index (χ2v) is 14.3. The predicted molar refractivity (Wildman–Crippen MR) is 193 cm³/mol. The molecule has 0 rings (SSSR count). The SMILES string of the molecule is CCCCCCCCCCCCCCCCCCCCN(CC(O)CO)C(=O)CCC(C)CCCCCCCCCCCC. The molecule has 4 nitrogen and oxygen atoms in total. The molecule has 0 aromatic carbocycles. The predicted octanol–water partition coefficient (Wildman–Crippen LogP) is 11.9. The summed E-state index contributed by atoms with van der Waals surface area (Å²) in [6.07, 6.45) is 39.9. The third-order valence-corrected chi connectivity index (χ3v) is 9.68. The standard InChI is InChI=1S/C40H81NO3/c1-4-6-8-10-12-14-16-17-18-19-20-21-22-23-25-27-29-31-35-41(36-39(43)37-42)40(44)34-33-38(3)32-30-28-26-24-15-13-11-9-7-5-2/h38-39,42-43H,4-37H2,1-3H3. The first-order valence-corrected chi connectivity index (χ1v) is 20.1. The normalized spacial score (nSPS) is 12.9. The van der Waals surface area contributed by atoms with Crippen LogP contribution in [0.3, 0.4) is 0 Å². The van der Waals surface area contributed by atoms with Crippen molar-refractivity contribution in [3.8, 4) is 0 Å². The Balaban J connectivity index is 3.80. The minimum absolute atomic E-state index is 0.152. The van der Waals surface area contributed by atoms with Crippen LogP contribution in [0.2, 0.25) is 0 Å². The minimum Gasteiger partial charge on any atom is -0.394 e. The second-order valence-electron chi connectivity index (χ2n) is 14.3. The lowest BCUT2D eigenvalue weighted by molar-refractivity contribution is -0.133. The lowest BCUT2D eigenvalue weighted by Crippen LogP contribution is -2.39. The van der Waals surface area contributed by atoms with Crippen LogP contribution in [0.15, 0.2) is 0 Å². The van der Waals surface area contributed by atoms with Gasteiger partial charge in [0.05, 0.1) is 12.7 Å². The van der Waals surface area contributed by atoms with Crippen LogP contribution in [0.4, 0.5) is 0 Å². The molecule has 0 aliphatic heterocycles. The lowest BCUT2D eigenvalue weighted by atomic mass is 9.97. The number of hydrogen-bond acceptors (Lipinski definition) is 3. The summed E-state index contributed by atoms with van der Waals surface area (Å²) in [4.78, 5) is 14.8. The summed E-state index contributed by atoms with van der Waals surface area (Å²) in [6.45, 7) is 7.54. The monoisotopic (exact) mass is 624 g/mol. The van der Waals surface area contributed by atoms with Gasteiger partial charge in [-0.3, -0.25) is 4.79 Å². The molecule has 2 atom stereocenters. The molecule has 0 aliphatic carbocycles. The molecule has 0 fully saturated rings. The zero-order valence-electron chi connectivity index (χ0n) is 30.4. The first-order valence-electron chi connectivity index (χ1n) is 20.1. The summed E-state index contributed by atoms with van der Waals surface area (Å²) in [5.41, 5.74) is 0. The van der Waals surface area contributed by atoms with Crippen LogP contribution in [0, 0.1) is 5.92 Å². The number of unbranched alkanes of at least 4 members (excludes halogenated alkanes) is 26. The number of amides is 1. The highest BCUT2D eigenvalue weighted by Gasteiger charge is 2.18. The summed E-state index contributed by atoms with van der Waals surface area (Å²) in [7, 11) is 0. The molecular weight excluding hydrogens is 542 g/mol. The number of rotatable bonds is 36. The average molecular weight is 624 g/mol. The zero-order chi connectivity index (χ0) is 32.4. The Hall–Kier alpha value is -0.610. The highest BCUT2D eigenvalue weighted by Crippen LogP contribution is 2.19. The Kier molecular flexibility index (Phi) is 34.8. The average Bonchev–Trinajstić information content (AvgIpc) is 3.03. The molecule has 0 saturated heterocycles. The summed E-state index contributed by atoms with van der Waals surface area (Å²) in [6, 6.07) is 0. The fraction of sp³-hybridized carbons (Fsp3) is 0.975. The summed E-state index contributed by atoms with van der Waals surface area (Å²) < 4.78 is 0. The summed E-state index contributed by atoms with van der Waals surface area (Å²) >= 11 is 0. The smallest absolute Gasteiger partial charge is 0.222 e. The van der Waals surface area contributed by atoms with Crippen LogP contribution in [0.5, 0.6) is 0 Å². The van der Waals surface area contributed by atoms with E-state index in [1.54, 1.807) is 0 Å². The number of aliphatic hydroxyl groups excluding tert-OH is 2. The van der Waals surface area contributed by atoms with E-state index in [-0.39, 0.29) is 19.1 Å². The van der Waals surface area contributed by atoms with Crippen molar-refractivity contribution >= 4 is 5.91 Å². The first-order chi connectivity index (χ1) is 21.5. The molecule has 0 aromatic heterocycles. The van der Waals surface area contributed by atoms with Gasteiger partial charge in [-0.25, -0.2) is 0 Å². The van der Waals surface area contributed by atoms with E-state index in [1.165, 1.54) is 173 Å². The summed E-state index contributed by atoms with van der Waals surface area (Å²) in [5.74, 6) is 0.724. The van der Waals surface area contributed by atoms with Crippen LogP contribution in [-0.4, -0.2) is 46.8 Å². The Bertz CT molecular complexity index is 569. The van der Waals surface area contributed by atoms with Crippen molar-refractivity contribution in [3.63, 3.8) is 0 Å². The molecule has 0 aromatic rings. The number of hydrogen-bond donors (Lipinski definition) is 2. The molecule has 0 radical (unpaired) electrons. The van der Waals surface area contributed by atoms with Crippen LogP contribution in [0.1, 0.15) is 220 Å². The van der Waals surface area contributed by atoms with E-state index in [9.17, 15) is 15.0 Å². The maximum absolute atomic E-state index is 13.0. The molecule has 0 spiro atoms. The molecule has 44 heavy (non-hydrogen) atoms. The quantitative estimate of drug-likeness (QED) is 0.0682. The molecule has 264 valence electrons. The van der Waals surface area contributed by atoms with Crippen molar-refractivity contribution in [1.29, 1.82) is 0 Å². The van der Waals surface area contributed by atoms with Crippen LogP contribution in [-0.2, 0) is 4.79 Å². The fourth-order valence-electron chi connectivity index (χ4n) is 6.49. The van der Waals surface area contributed by atoms with Gasteiger partial charge in [-0.2, -0.15) is 0 Å². The zero-order valence-corrected chi connectivity index (χ0v) is 30.4. The number of carbonyl (C=O) groups is 1. The van der Waals surface area contributed by atoms with E-state index in [0.29, 0.717) is 18.9 Å². The van der Waals surface area contributed by atoms with Crippen molar-refractivity contribution in [2.45, 2.75) is 226 Å². The molecule has 2 N–H and O–H groups in total. The number of nitrogens with zero attached hydrogens (tertiary/aromatic N) is 1. The fourth-order valence-corrected chi connectivity index (χ4v) is 6.49. The van der Waals surface area contributed by atoms with Gasteiger partial charge in [-0.05, 0) is 18.8 Å². The van der Waals surface area contributed by atoms with Gasteiger partial charge in [0.1, 0.15) is 0 Å². The Labute approximate surface area is 276 Å². The summed E-state index contributed by atoms with van der Waals surface area (Å²) in [5, 5.41) is 19.4. The van der Waals surface area contributed by atoms with Gasteiger partial charge in [0.15, 0.2) is 0 Å². The maximum atomic E-state index is 13.0. The third kappa shape index (κ3) is 31.4. The maximum Gasteiger partial charge on any atom is 0.222 e. The molecular formula is C40H81NO3. The third-order valence-electron chi connectivity index (χ3n) is 9.68. The molecule has 0 bridgehead atoms. The lowest BCUT2D eigenvalue weighted by Gasteiger charge is -2.25. The van der Waals surface area contributed by atoms with E-state index in [0.717, 1.165) is 19.3 Å². The molecule has 0 saturated carbocycles. The Morgan fingerprint density at radius 1 is 0.523 bits per heavy atom. The van der Waals surface area contributed by atoms with Crippen molar-refractivity contribution in [2.75, 3.05) is 19.7 Å². The van der Waals surface area contributed by atoms with E-state index in [4.69, 9.17) is 0 Å². The minimum atomic E-state index is -0.835. The number of aliphatic hydroxyl groups is 2. The molecule has 0 aliphatic rings. The van der Waals surface area contributed by atoms with Crippen molar-refractivity contribution in [3.05, 3.63) is 0 Å². The Morgan fingerprint density at radius 3 is 1.23 bits per heavy atom. The second kappa shape index (κ2) is 35.2. The van der Waals surface area contributed by atoms with Gasteiger partial charge in [0.25, 0.3) is 0 Å². The van der Waals surface area contributed by atoms with E-state index >= 15 is 0 Å². The highest BCUT2D eigenvalue weighted by atomic mass is 16.3. The van der Waals surface area contributed by atoms with Crippen molar-refractivity contribution in [2.24, 2.45) is 5.92 Å². The number of carbonyl (C=O) groups excluding carboxylic acids is 1. The van der Waals surface area contributed by atoms with Crippen LogP contribution < -0.4 is 0 Å². The largest absolute Gasteiger partial charge is 0.394 e. The molecule has 4 heteroatoms. The van der Waals surface area contributed by atoms with Gasteiger partial charge in [-0.15, -0.1) is 0 Å². The van der Waals surface area contributed by atoms with Gasteiger partial charge < -0.3 is 15.1 Å². The van der Waals surface area contributed by atoms with Gasteiger partial charge >= 0.3 is 0 Å². The van der Waals surface area contributed by atoms with E-state index < -0.39 is 6.10 Å². The first kappa shape index (κ1) is 43.4. The van der Waals surface area contributed by atoms with Crippen LogP contribution in [0.25, 0.3) is 0 Å². The van der Waals surface area contributed by atoms with Crippen molar-refractivity contribution in [1.82, 2.24) is 4.90 Å². The molecule has 2 unspecified atom stereocenters.